The van der Waals surface area contributed by atoms with Gasteiger partial charge in [0.25, 0.3) is 0 Å². The molecule has 0 aromatic carbocycles. The fourth-order valence-electron chi connectivity index (χ4n) is 5.48. The van der Waals surface area contributed by atoms with Gasteiger partial charge in [-0.25, -0.2) is 4.98 Å². The molecule has 6 heteroatoms. The molecule has 0 spiro atoms. The Hall–Kier alpha value is -1.21. The van der Waals surface area contributed by atoms with Crippen molar-refractivity contribution in [3.05, 3.63) is 67.3 Å². The van der Waals surface area contributed by atoms with E-state index in [1.165, 1.54) is 128 Å². The van der Waals surface area contributed by atoms with Crippen LogP contribution in [0, 0.1) is 0 Å². The molecule has 49 heavy (non-hydrogen) atoms. The van der Waals surface area contributed by atoms with Gasteiger partial charge in [0.05, 0.1) is 24.9 Å². The highest BCUT2D eigenvalue weighted by atomic mass is 33.1. The van der Waals surface area contributed by atoms with Gasteiger partial charge >= 0.3 is 0 Å². The molecule has 1 atom stereocenters. The third-order valence-corrected chi connectivity index (χ3v) is 10.9. The Morgan fingerprint density at radius 3 is 1.57 bits per heavy atom. The van der Waals surface area contributed by atoms with Gasteiger partial charge in [0, 0.05) is 31.4 Å². The molecule has 0 radical (unpaired) electrons. The largest absolute Gasteiger partial charge is 0.379 e. The lowest BCUT2D eigenvalue weighted by Gasteiger charge is -2.18. The molecule has 0 bridgehead atoms. The average Bonchev–Trinajstić information content (AvgIpc) is 3.64. The SMILES string of the molecule is CCCCC/C=C\C/C=C\CCCCCCCCOCC(CSSCn1ccnc1)OCCCCCCCC/C=C\C/C=C\CCCCC. The third-order valence-electron chi connectivity index (χ3n) is 8.59. The molecule has 282 valence electrons. The minimum atomic E-state index is 0.169. The number of allylic oxidation sites excluding steroid dienone is 8. The van der Waals surface area contributed by atoms with Crippen molar-refractivity contribution >= 4 is 21.6 Å². The van der Waals surface area contributed by atoms with Crippen molar-refractivity contribution in [3.63, 3.8) is 0 Å². The molecule has 1 aromatic heterocycles. The maximum atomic E-state index is 6.33. The van der Waals surface area contributed by atoms with Crippen LogP contribution in [0.3, 0.4) is 0 Å². The van der Waals surface area contributed by atoms with Crippen LogP contribution in [0.5, 0.6) is 0 Å². The first-order valence-corrected chi connectivity index (χ1v) is 22.8. The summed E-state index contributed by atoms with van der Waals surface area (Å²) in [5.41, 5.74) is 0. The zero-order valence-corrected chi connectivity index (χ0v) is 33.6. The normalized spacial score (nSPS) is 12.9. The number of rotatable bonds is 38. The number of imidazole rings is 1. The van der Waals surface area contributed by atoms with Crippen molar-refractivity contribution in [3.8, 4) is 0 Å². The molecule has 1 heterocycles. The lowest BCUT2D eigenvalue weighted by molar-refractivity contribution is -0.00609. The van der Waals surface area contributed by atoms with Crippen molar-refractivity contribution < 1.29 is 9.47 Å². The van der Waals surface area contributed by atoms with Gasteiger partial charge < -0.3 is 14.0 Å². The summed E-state index contributed by atoms with van der Waals surface area (Å²) in [4.78, 5) is 4.14. The van der Waals surface area contributed by atoms with E-state index < -0.39 is 0 Å². The van der Waals surface area contributed by atoms with Crippen LogP contribution in [0.4, 0.5) is 0 Å². The second-order valence-corrected chi connectivity index (χ2v) is 15.8. The van der Waals surface area contributed by atoms with E-state index in [1.54, 1.807) is 0 Å². The molecule has 0 aliphatic rings. The van der Waals surface area contributed by atoms with Crippen molar-refractivity contribution in [2.45, 2.75) is 180 Å². The molecule has 0 aliphatic heterocycles. The second-order valence-electron chi connectivity index (χ2n) is 13.3. The summed E-state index contributed by atoms with van der Waals surface area (Å²) in [6.45, 7) is 6.94. The van der Waals surface area contributed by atoms with Crippen LogP contribution in [0.25, 0.3) is 0 Å². The molecule has 0 amide bonds. The second kappa shape index (κ2) is 39.6. The predicted octanol–water partition coefficient (Wildman–Crippen LogP) is 14.3. The van der Waals surface area contributed by atoms with Crippen LogP contribution in [-0.2, 0) is 15.4 Å². The van der Waals surface area contributed by atoms with Gasteiger partial charge in [-0.2, -0.15) is 0 Å². The summed E-state index contributed by atoms with van der Waals surface area (Å²) in [7, 11) is 3.74. The van der Waals surface area contributed by atoms with Crippen LogP contribution in [-0.4, -0.2) is 41.2 Å². The van der Waals surface area contributed by atoms with E-state index in [2.05, 4.69) is 72.0 Å². The number of nitrogens with zero attached hydrogens (tertiary/aromatic N) is 2. The van der Waals surface area contributed by atoms with Crippen molar-refractivity contribution in [1.29, 1.82) is 0 Å². The van der Waals surface area contributed by atoms with E-state index in [0.717, 1.165) is 50.5 Å². The van der Waals surface area contributed by atoms with Crippen LogP contribution in [0.1, 0.15) is 168 Å². The number of hydrogen-bond acceptors (Lipinski definition) is 5. The molecule has 0 fully saturated rings. The van der Waals surface area contributed by atoms with E-state index in [-0.39, 0.29) is 6.10 Å². The van der Waals surface area contributed by atoms with Gasteiger partial charge in [0.1, 0.15) is 0 Å². The third kappa shape index (κ3) is 35.0. The monoisotopic (exact) mass is 717 g/mol. The van der Waals surface area contributed by atoms with Crippen molar-refractivity contribution in [2.75, 3.05) is 25.6 Å². The summed E-state index contributed by atoms with van der Waals surface area (Å²) in [5, 5.41) is 0. The van der Waals surface area contributed by atoms with Gasteiger partial charge in [-0.15, -0.1) is 0 Å². The van der Waals surface area contributed by atoms with Crippen LogP contribution in [0.15, 0.2) is 67.3 Å². The Morgan fingerprint density at radius 1 is 0.571 bits per heavy atom. The van der Waals surface area contributed by atoms with E-state index in [1.807, 2.05) is 40.3 Å². The van der Waals surface area contributed by atoms with Gasteiger partial charge in [-0.05, 0) is 77.0 Å². The van der Waals surface area contributed by atoms with Crippen LogP contribution in [0.2, 0.25) is 0 Å². The highest BCUT2D eigenvalue weighted by Gasteiger charge is 2.10. The smallest absolute Gasteiger partial charge is 0.0953 e. The minimum Gasteiger partial charge on any atom is -0.379 e. The maximum absolute atomic E-state index is 6.33. The zero-order valence-electron chi connectivity index (χ0n) is 32.0. The van der Waals surface area contributed by atoms with Gasteiger partial charge in [0.15, 0.2) is 0 Å². The lowest BCUT2D eigenvalue weighted by Crippen LogP contribution is -2.23. The molecule has 0 aliphatic carbocycles. The van der Waals surface area contributed by atoms with Crippen molar-refractivity contribution in [2.24, 2.45) is 0 Å². The highest BCUT2D eigenvalue weighted by Crippen LogP contribution is 2.25. The maximum Gasteiger partial charge on any atom is 0.0953 e. The van der Waals surface area contributed by atoms with Gasteiger partial charge in [0.2, 0.25) is 0 Å². The Bertz CT molecular complexity index is 884. The van der Waals surface area contributed by atoms with E-state index in [4.69, 9.17) is 9.47 Å². The standard InChI is InChI=1S/C43H76N2O2S2/c1-3-5-7-9-11-13-15-17-19-21-23-25-27-29-31-33-37-46-39-43(40-48-49-42-45-36-35-44-41-45)47-38-34-32-30-28-26-24-22-20-18-16-14-12-10-8-6-4-2/h11-14,17-20,35-36,41,43H,3-10,15-16,21-34,37-40,42H2,1-2H3/b13-11-,14-12-,19-17-,20-18-. The lowest BCUT2D eigenvalue weighted by atomic mass is 10.1. The summed E-state index contributed by atoms with van der Waals surface area (Å²) in [6.07, 6.45) is 55.2. The first-order chi connectivity index (χ1) is 24.4. The Balaban J connectivity index is 2.05. The summed E-state index contributed by atoms with van der Waals surface area (Å²) in [5.74, 6) is 1.88. The summed E-state index contributed by atoms with van der Waals surface area (Å²) in [6, 6.07) is 0. The van der Waals surface area contributed by atoms with E-state index >= 15 is 0 Å². The molecule has 0 saturated heterocycles. The average molecular weight is 717 g/mol. The Kier molecular flexibility index (Phi) is 37.0. The fourth-order valence-corrected chi connectivity index (χ4v) is 7.60. The van der Waals surface area contributed by atoms with E-state index in [9.17, 15) is 0 Å². The first-order valence-electron chi connectivity index (χ1n) is 20.4. The predicted molar refractivity (Wildman–Crippen MR) is 222 cm³/mol. The number of hydrogen-bond donors (Lipinski definition) is 0. The first kappa shape index (κ1) is 45.8. The number of aromatic nitrogens is 2. The zero-order chi connectivity index (χ0) is 35.0. The fraction of sp³-hybridized carbons (Fsp3) is 0.744. The highest BCUT2D eigenvalue weighted by molar-refractivity contribution is 8.76. The van der Waals surface area contributed by atoms with Crippen molar-refractivity contribution in [1.82, 2.24) is 9.55 Å². The Morgan fingerprint density at radius 2 is 1.06 bits per heavy atom. The molecular formula is C43H76N2O2S2. The molecule has 1 aromatic rings. The van der Waals surface area contributed by atoms with Gasteiger partial charge in [-0.3, -0.25) is 0 Å². The molecule has 1 unspecified atom stereocenters. The topological polar surface area (TPSA) is 36.3 Å². The number of unbranched alkanes of at least 4 members (excludes halogenated alkanes) is 18. The quantitative estimate of drug-likeness (QED) is 0.0387. The molecular weight excluding hydrogens is 641 g/mol. The molecule has 4 nitrogen and oxygen atoms in total. The van der Waals surface area contributed by atoms with Crippen LogP contribution < -0.4 is 0 Å². The molecule has 0 saturated carbocycles. The summed E-state index contributed by atoms with van der Waals surface area (Å²) >= 11 is 0. The summed E-state index contributed by atoms with van der Waals surface area (Å²) < 4.78 is 14.6. The van der Waals surface area contributed by atoms with E-state index in [0.29, 0.717) is 6.61 Å². The number of ether oxygens (including phenoxy) is 2. The Labute approximate surface area is 312 Å². The molecule has 1 rings (SSSR count). The minimum absolute atomic E-state index is 0.169. The van der Waals surface area contributed by atoms with Crippen LogP contribution >= 0.6 is 21.6 Å². The van der Waals surface area contributed by atoms with Gasteiger partial charge in [-0.1, -0.05) is 161 Å². The molecule has 0 N–H and O–H groups in total.